The first-order chi connectivity index (χ1) is 9.77. The summed E-state index contributed by atoms with van der Waals surface area (Å²) in [6.07, 6.45) is -4.48. The fourth-order valence-corrected chi connectivity index (χ4v) is 1.81. The van der Waals surface area contributed by atoms with Crippen molar-refractivity contribution in [3.05, 3.63) is 58.4 Å². The number of nitrogen functional groups attached to an aromatic ring is 1. The lowest BCUT2D eigenvalue weighted by molar-refractivity contribution is -0.137. The Morgan fingerprint density at radius 1 is 1.10 bits per heavy atom. The highest BCUT2D eigenvalue weighted by molar-refractivity contribution is 6.30. The summed E-state index contributed by atoms with van der Waals surface area (Å²) >= 11 is 5.61. The Balaban J connectivity index is 2.13. The monoisotopic (exact) mass is 319 g/mol. The van der Waals surface area contributed by atoms with Crippen LogP contribution in [0.1, 0.15) is 11.1 Å². The summed E-state index contributed by atoms with van der Waals surface area (Å²) in [4.78, 5) is 0. The molecule has 0 aromatic heterocycles. The minimum atomic E-state index is -4.48. The molecule has 0 radical (unpaired) electrons. The minimum absolute atomic E-state index is 0.0531. The fourth-order valence-electron chi connectivity index (χ4n) is 1.65. The lowest BCUT2D eigenvalue weighted by Gasteiger charge is -2.12. The van der Waals surface area contributed by atoms with E-state index in [4.69, 9.17) is 22.1 Å². The third kappa shape index (κ3) is 3.78. The van der Waals surface area contributed by atoms with Gasteiger partial charge < -0.3 is 10.5 Å². The van der Waals surface area contributed by atoms with Crippen molar-refractivity contribution in [1.82, 2.24) is 0 Å². The second-order valence-corrected chi connectivity index (χ2v) is 4.71. The predicted molar refractivity (Wildman–Crippen MR) is 71.6 cm³/mol. The van der Waals surface area contributed by atoms with Gasteiger partial charge in [-0.1, -0.05) is 17.7 Å². The first-order valence-corrected chi connectivity index (χ1v) is 6.18. The van der Waals surface area contributed by atoms with Crippen molar-refractivity contribution >= 4 is 17.3 Å². The van der Waals surface area contributed by atoms with Crippen molar-refractivity contribution in [1.29, 1.82) is 0 Å². The molecule has 7 heteroatoms. The summed E-state index contributed by atoms with van der Waals surface area (Å²) < 4.78 is 56.2. The van der Waals surface area contributed by atoms with Crippen LogP contribution in [0.15, 0.2) is 36.4 Å². The summed E-state index contributed by atoms with van der Waals surface area (Å²) in [7, 11) is 0. The smallest absolute Gasteiger partial charge is 0.416 e. The molecule has 0 unspecified atom stereocenters. The molecule has 2 aromatic rings. The van der Waals surface area contributed by atoms with Crippen molar-refractivity contribution in [2.24, 2.45) is 0 Å². The molecule has 0 amide bonds. The van der Waals surface area contributed by atoms with E-state index in [1.807, 2.05) is 0 Å². The standard InChI is InChI=1S/C14H10ClF4NO/c15-10-3-1-8(11(16)6-10)7-21-13-4-2-9(5-12(13)20)14(17,18)19/h1-6H,7,20H2. The second kappa shape index (κ2) is 5.81. The van der Waals surface area contributed by atoms with Crippen LogP contribution in [0.25, 0.3) is 0 Å². The predicted octanol–water partition coefficient (Wildman–Crippen LogP) is 4.66. The average Bonchev–Trinajstić information content (AvgIpc) is 2.38. The van der Waals surface area contributed by atoms with Crippen molar-refractivity contribution in [3.63, 3.8) is 0 Å². The van der Waals surface area contributed by atoms with Gasteiger partial charge in [0.15, 0.2) is 0 Å². The maximum Gasteiger partial charge on any atom is 0.416 e. The van der Waals surface area contributed by atoms with Crippen LogP contribution in [0, 0.1) is 5.82 Å². The third-order valence-electron chi connectivity index (χ3n) is 2.74. The third-order valence-corrected chi connectivity index (χ3v) is 2.97. The molecular formula is C14H10ClF4NO. The number of hydrogen-bond donors (Lipinski definition) is 1. The van der Waals surface area contributed by atoms with Crippen LogP contribution in [0.3, 0.4) is 0 Å². The van der Waals surface area contributed by atoms with Crippen LogP contribution >= 0.6 is 11.6 Å². The van der Waals surface area contributed by atoms with Gasteiger partial charge in [-0.2, -0.15) is 13.2 Å². The van der Waals surface area contributed by atoms with Crippen LogP contribution in [-0.2, 0) is 12.8 Å². The van der Waals surface area contributed by atoms with E-state index < -0.39 is 17.6 Å². The minimum Gasteiger partial charge on any atom is -0.487 e. The molecule has 21 heavy (non-hydrogen) atoms. The molecule has 2 N–H and O–H groups in total. The summed E-state index contributed by atoms with van der Waals surface area (Å²) in [5.74, 6) is -0.509. The zero-order chi connectivity index (χ0) is 15.6. The number of alkyl halides is 3. The van der Waals surface area contributed by atoms with E-state index in [0.717, 1.165) is 24.3 Å². The number of nitrogens with two attached hydrogens (primary N) is 1. The maximum atomic E-state index is 13.5. The Kier molecular flexibility index (Phi) is 4.27. The highest BCUT2D eigenvalue weighted by atomic mass is 35.5. The number of ether oxygens (including phenoxy) is 1. The zero-order valence-corrected chi connectivity index (χ0v) is 11.3. The first kappa shape index (κ1) is 15.4. The molecule has 0 aliphatic carbocycles. The molecule has 2 aromatic carbocycles. The summed E-state index contributed by atoms with van der Waals surface area (Å²) in [6.45, 7) is -0.168. The molecule has 112 valence electrons. The van der Waals surface area contributed by atoms with Gasteiger partial charge in [0.05, 0.1) is 11.3 Å². The van der Waals surface area contributed by atoms with Gasteiger partial charge in [0.2, 0.25) is 0 Å². The normalized spacial score (nSPS) is 11.5. The lowest BCUT2D eigenvalue weighted by atomic mass is 10.2. The maximum absolute atomic E-state index is 13.5. The SMILES string of the molecule is Nc1cc(C(F)(F)F)ccc1OCc1ccc(Cl)cc1F. The molecule has 2 rings (SSSR count). The number of halogens is 5. The van der Waals surface area contributed by atoms with E-state index in [2.05, 4.69) is 0 Å². The molecular weight excluding hydrogens is 310 g/mol. The fraction of sp³-hybridized carbons (Fsp3) is 0.143. The van der Waals surface area contributed by atoms with Crippen LogP contribution in [-0.4, -0.2) is 0 Å². The molecule has 0 atom stereocenters. The molecule has 0 fully saturated rings. The van der Waals surface area contributed by atoms with Gasteiger partial charge in [-0.05, 0) is 30.3 Å². The molecule has 0 saturated carbocycles. The average molecular weight is 320 g/mol. The molecule has 0 aliphatic rings. The number of anilines is 1. The molecule has 0 aliphatic heterocycles. The first-order valence-electron chi connectivity index (χ1n) is 5.81. The van der Waals surface area contributed by atoms with Gasteiger partial charge in [-0.3, -0.25) is 0 Å². The van der Waals surface area contributed by atoms with E-state index in [-0.39, 0.29) is 28.6 Å². The van der Waals surface area contributed by atoms with Crippen LogP contribution in [0.5, 0.6) is 5.75 Å². The molecule has 2 nitrogen and oxygen atoms in total. The van der Waals surface area contributed by atoms with Crippen molar-refractivity contribution in [2.75, 3.05) is 5.73 Å². The van der Waals surface area contributed by atoms with Crippen molar-refractivity contribution in [2.45, 2.75) is 12.8 Å². The number of hydrogen-bond acceptors (Lipinski definition) is 2. The van der Waals surface area contributed by atoms with Crippen molar-refractivity contribution < 1.29 is 22.3 Å². The highest BCUT2D eigenvalue weighted by Gasteiger charge is 2.30. The Hall–Kier alpha value is -1.95. The number of rotatable bonds is 3. The molecule has 0 spiro atoms. The quantitative estimate of drug-likeness (QED) is 0.659. The topological polar surface area (TPSA) is 35.2 Å². The van der Waals surface area contributed by atoms with Crippen LogP contribution in [0.2, 0.25) is 5.02 Å². The van der Waals surface area contributed by atoms with E-state index in [0.29, 0.717) is 0 Å². The number of benzene rings is 2. The molecule has 0 bridgehead atoms. The Morgan fingerprint density at radius 3 is 2.38 bits per heavy atom. The summed E-state index contributed by atoms with van der Waals surface area (Å²) in [5.41, 5.74) is 4.69. The lowest BCUT2D eigenvalue weighted by Crippen LogP contribution is -2.07. The molecule has 0 saturated heterocycles. The van der Waals surface area contributed by atoms with E-state index in [9.17, 15) is 17.6 Å². The summed E-state index contributed by atoms with van der Waals surface area (Å²) in [6, 6.07) is 6.76. The van der Waals surface area contributed by atoms with Crippen LogP contribution < -0.4 is 10.5 Å². The Labute approximate surface area is 123 Å². The zero-order valence-electron chi connectivity index (χ0n) is 10.5. The Morgan fingerprint density at radius 2 is 1.81 bits per heavy atom. The summed E-state index contributed by atoms with van der Waals surface area (Å²) in [5, 5.41) is 0.241. The van der Waals surface area contributed by atoms with Gasteiger partial charge in [0, 0.05) is 10.6 Å². The van der Waals surface area contributed by atoms with Gasteiger partial charge in [-0.25, -0.2) is 4.39 Å². The van der Waals surface area contributed by atoms with Crippen molar-refractivity contribution in [3.8, 4) is 5.75 Å². The largest absolute Gasteiger partial charge is 0.487 e. The van der Waals surface area contributed by atoms with E-state index in [1.165, 1.54) is 12.1 Å². The Bertz CT molecular complexity index is 658. The van der Waals surface area contributed by atoms with E-state index in [1.54, 1.807) is 0 Å². The van der Waals surface area contributed by atoms with Gasteiger partial charge in [0.25, 0.3) is 0 Å². The van der Waals surface area contributed by atoms with E-state index >= 15 is 0 Å². The van der Waals surface area contributed by atoms with Gasteiger partial charge >= 0.3 is 6.18 Å². The van der Waals surface area contributed by atoms with Crippen LogP contribution in [0.4, 0.5) is 23.2 Å². The van der Waals surface area contributed by atoms with Gasteiger partial charge in [-0.15, -0.1) is 0 Å². The van der Waals surface area contributed by atoms with Gasteiger partial charge in [0.1, 0.15) is 18.2 Å². The second-order valence-electron chi connectivity index (χ2n) is 4.27. The highest BCUT2D eigenvalue weighted by Crippen LogP contribution is 2.34. The molecule has 0 heterocycles.